The molecule has 1 N–H and O–H groups in total. The van der Waals surface area contributed by atoms with E-state index in [0.29, 0.717) is 16.6 Å². The first-order chi connectivity index (χ1) is 9.82. The Hall–Kier alpha value is -1.34. The maximum Gasteiger partial charge on any atom is 0.416 e. The second-order valence-electron chi connectivity index (χ2n) is 4.67. The number of hydrogen-bond donors (Lipinski definition) is 1. The normalized spacial score (nSPS) is 13.4. The van der Waals surface area contributed by atoms with Gasteiger partial charge in [0, 0.05) is 22.8 Å². The van der Waals surface area contributed by atoms with Crippen LogP contribution in [0.2, 0.25) is 0 Å². The van der Waals surface area contributed by atoms with E-state index >= 15 is 0 Å². The fourth-order valence-corrected chi connectivity index (χ4v) is 2.43. The molecular weight excluding hydrogens is 349 g/mol. The molecule has 0 aliphatic rings. The number of halogens is 4. The predicted octanol–water partition coefficient (Wildman–Crippen LogP) is 4.16. The lowest BCUT2D eigenvalue weighted by Crippen LogP contribution is -2.12. The molecule has 2 rings (SSSR count). The fraction of sp³-hybridized carbons (Fsp3) is 0.357. The first kappa shape index (κ1) is 16.0. The van der Waals surface area contributed by atoms with Crippen LogP contribution < -0.4 is 0 Å². The van der Waals surface area contributed by atoms with Crippen LogP contribution in [-0.2, 0) is 12.7 Å². The van der Waals surface area contributed by atoms with Gasteiger partial charge in [0.1, 0.15) is 6.10 Å². The Labute approximate surface area is 128 Å². The summed E-state index contributed by atoms with van der Waals surface area (Å²) in [7, 11) is 0. The number of aliphatic hydroxyl groups excluding tert-OH is 1. The van der Waals surface area contributed by atoms with Gasteiger partial charge < -0.3 is 5.11 Å². The summed E-state index contributed by atoms with van der Waals surface area (Å²) in [5.41, 5.74) is -0.689. The maximum absolute atomic E-state index is 13.1. The molecule has 1 atom stereocenters. The van der Waals surface area contributed by atoms with Crippen molar-refractivity contribution in [2.45, 2.75) is 32.2 Å². The number of aromatic nitrogens is 2. The Morgan fingerprint density at radius 3 is 2.71 bits per heavy atom. The highest BCUT2D eigenvalue weighted by atomic mass is 79.9. The molecule has 21 heavy (non-hydrogen) atoms. The largest absolute Gasteiger partial charge is 0.416 e. The highest BCUT2D eigenvalue weighted by Gasteiger charge is 2.35. The molecule has 1 aromatic heterocycles. The molecule has 0 bridgehead atoms. The maximum atomic E-state index is 13.1. The summed E-state index contributed by atoms with van der Waals surface area (Å²) in [4.78, 5) is 0. The average molecular weight is 363 g/mol. The molecular formula is C14H14BrF3N2O. The molecule has 3 nitrogen and oxygen atoms in total. The van der Waals surface area contributed by atoms with Crippen LogP contribution in [0.3, 0.4) is 0 Å². The number of aliphatic hydroxyl groups is 1. The van der Waals surface area contributed by atoms with Crippen molar-refractivity contribution in [3.05, 3.63) is 51.8 Å². The Bertz CT molecular complexity index is 625. The number of benzene rings is 1. The summed E-state index contributed by atoms with van der Waals surface area (Å²) in [6, 6.07) is 3.72. The van der Waals surface area contributed by atoms with E-state index in [4.69, 9.17) is 0 Å². The monoisotopic (exact) mass is 362 g/mol. The molecule has 0 aliphatic heterocycles. The van der Waals surface area contributed by atoms with Crippen molar-refractivity contribution in [1.82, 2.24) is 9.78 Å². The lowest BCUT2D eigenvalue weighted by molar-refractivity contribution is -0.139. The van der Waals surface area contributed by atoms with Gasteiger partial charge in [0.05, 0.1) is 11.8 Å². The van der Waals surface area contributed by atoms with E-state index in [-0.39, 0.29) is 5.56 Å². The minimum atomic E-state index is -4.53. The van der Waals surface area contributed by atoms with Crippen molar-refractivity contribution < 1.29 is 18.3 Å². The van der Waals surface area contributed by atoms with Gasteiger partial charge in [-0.1, -0.05) is 28.9 Å². The lowest BCUT2D eigenvalue weighted by atomic mass is 9.98. The van der Waals surface area contributed by atoms with Crippen molar-refractivity contribution in [2.24, 2.45) is 0 Å². The summed E-state index contributed by atoms with van der Waals surface area (Å²) in [6.45, 7) is 2.62. The van der Waals surface area contributed by atoms with Crippen LogP contribution in [0.25, 0.3) is 0 Å². The summed E-state index contributed by atoms with van der Waals surface area (Å²) < 4.78 is 41.1. The van der Waals surface area contributed by atoms with Gasteiger partial charge in [0.25, 0.3) is 0 Å². The molecule has 1 unspecified atom stereocenters. The summed E-state index contributed by atoms with van der Waals surface area (Å²) in [5.74, 6) is 0. The summed E-state index contributed by atoms with van der Waals surface area (Å²) in [6.07, 6.45) is -2.08. The van der Waals surface area contributed by atoms with E-state index in [9.17, 15) is 18.3 Å². The Kier molecular flexibility index (Phi) is 4.73. The van der Waals surface area contributed by atoms with E-state index in [2.05, 4.69) is 21.0 Å². The first-order valence-corrected chi connectivity index (χ1v) is 7.19. The van der Waals surface area contributed by atoms with Crippen LogP contribution in [0.4, 0.5) is 13.2 Å². The van der Waals surface area contributed by atoms with Crippen molar-refractivity contribution in [2.75, 3.05) is 0 Å². The zero-order valence-electron chi connectivity index (χ0n) is 11.2. The van der Waals surface area contributed by atoms with Crippen LogP contribution in [-0.4, -0.2) is 14.9 Å². The second kappa shape index (κ2) is 6.19. The van der Waals surface area contributed by atoms with Crippen LogP contribution in [0.5, 0.6) is 0 Å². The highest BCUT2D eigenvalue weighted by Crippen LogP contribution is 2.38. The summed E-state index contributed by atoms with van der Waals surface area (Å²) >= 11 is 3.02. The number of nitrogens with zero attached hydrogens (tertiary/aromatic N) is 2. The van der Waals surface area contributed by atoms with Crippen LogP contribution >= 0.6 is 15.9 Å². The molecule has 1 heterocycles. The molecule has 0 fully saturated rings. The van der Waals surface area contributed by atoms with Crippen molar-refractivity contribution in [3.63, 3.8) is 0 Å². The quantitative estimate of drug-likeness (QED) is 0.886. The van der Waals surface area contributed by atoms with Gasteiger partial charge in [-0.25, -0.2) is 0 Å². The molecule has 0 amide bonds. The summed E-state index contributed by atoms with van der Waals surface area (Å²) in [5, 5.41) is 14.3. The average Bonchev–Trinajstić information content (AvgIpc) is 2.86. The van der Waals surface area contributed by atoms with Gasteiger partial charge in [-0.2, -0.15) is 18.3 Å². The molecule has 7 heteroatoms. The van der Waals surface area contributed by atoms with Gasteiger partial charge in [0.15, 0.2) is 0 Å². The van der Waals surface area contributed by atoms with Crippen molar-refractivity contribution in [1.29, 1.82) is 0 Å². The molecule has 0 aliphatic carbocycles. The van der Waals surface area contributed by atoms with E-state index in [1.54, 1.807) is 10.9 Å². The second-order valence-corrected chi connectivity index (χ2v) is 5.58. The first-order valence-electron chi connectivity index (χ1n) is 6.40. The molecule has 1 aromatic carbocycles. The topological polar surface area (TPSA) is 38.0 Å². The molecule has 0 saturated heterocycles. The van der Waals surface area contributed by atoms with Crippen LogP contribution in [0, 0.1) is 0 Å². The molecule has 114 valence electrons. The third kappa shape index (κ3) is 3.65. The van der Waals surface area contributed by atoms with Gasteiger partial charge >= 0.3 is 6.18 Å². The zero-order chi connectivity index (χ0) is 15.6. The zero-order valence-corrected chi connectivity index (χ0v) is 12.8. The van der Waals surface area contributed by atoms with Gasteiger partial charge in [-0.15, -0.1) is 0 Å². The van der Waals surface area contributed by atoms with Crippen molar-refractivity contribution in [3.8, 4) is 0 Å². The third-order valence-electron chi connectivity index (χ3n) is 3.04. The lowest BCUT2D eigenvalue weighted by Gasteiger charge is -2.17. The van der Waals surface area contributed by atoms with E-state index in [0.717, 1.165) is 12.5 Å². The Morgan fingerprint density at radius 2 is 2.10 bits per heavy atom. The fourth-order valence-electron chi connectivity index (χ4n) is 2.06. The van der Waals surface area contributed by atoms with E-state index in [1.165, 1.54) is 18.3 Å². The highest BCUT2D eigenvalue weighted by molar-refractivity contribution is 9.10. The minimum absolute atomic E-state index is 0.179. The van der Waals surface area contributed by atoms with Gasteiger partial charge in [-0.05, 0) is 24.1 Å². The minimum Gasteiger partial charge on any atom is -0.384 e. The Balaban J connectivity index is 2.40. The number of rotatable bonds is 4. The van der Waals surface area contributed by atoms with Gasteiger partial charge in [-0.3, -0.25) is 4.68 Å². The molecule has 0 radical (unpaired) electrons. The smallest absolute Gasteiger partial charge is 0.384 e. The third-order valence-corrected chi connectivity index (χ3v) is 3.53. The predicted molar refractivity (Wildman–Crippen MR) is 75.7 cm³/mol. The van der Waals surface area contributed by atoms with Crippen LogP contribution in [0.15, 0.2) is 35.1 Å². The number of alkyl halides is 3. The van der Waals surface area contributed by atoms with E-state index < -0.39 is 17.8 Å². The Morgan fingerprint density at radius 1 is 1.38 bits per heavy atom. The van der Waals surface area contributed by atoms with Crippen molar-refractivity contribution >= 4 is 15.9 Å². The number of aryl methyl sites for hydroxylation is 1. The van der Waals surface area contributed by atoms with Crippen LogP contribution in [0.1, 0.15) is 36.1 Å². The molecule has 2 aromatic rings. The van der Waals surface area contributed by atoms with Gasteiger partial charge in [0.2, 0.25) is 0 Å². The standard InChI is InChI=1S/C14H14BrF3N2O/c1-2-5-20-8-9(7-19-20)13(21)11-4-3-10(15)6-12(11)14(16,17)18/h3-4,6-8,13,21H,2,5H2,1H3. The van der Waals surface area contributed by atoms with E-state index in [1.807, 2.05) is 6.92 Å². The molecule has 0 spiro atoms. The number of hydrogen-bond acceptors (Lipinski definition) is 2. The molecule has 0 saturated carbocycles. The SMILES string of the molecule is CCCn1cc(C(O)c2ccc(Br)cc2C(F)(F)F)cn1.